The van der Waals surface area contributed by atoms with Gasteiger partial charge in [-0.05, 0) is 56.2 Å². The molecule has 0 bridgehead atoms. The second-order valence-electron chi connectivity index (χ2n) is 6.52. The largest absolute Gasteiger partial charge is 0.481 e. The lowest BCUT2D eigenvalue weighted by atomic mass is 10.0. The van der Waals surface area contributed by atoms with Crippen LogP contribution in [0.4, 0.5) is 0 Å². The monoisotopic (exact) mass is 387 g/mol. The molecule has 2 aromatic rings. The van der Waals surface area contributed by atoms with Crippen molar-refractivity contribution in [1.29, 1.82) is 0 Å². The molecule has 1 saturated heterocycles. The highest BCUT2D eigenvalue weighted by molar-refractivity contribution is 6.30. The minimum absolute atomic E-state index is 0.0520. The van der Waals surface area contributed by atoms with Crippen molar-refractivity contribution in [3.05, 3.63) is 59.4 Å². The number of piperidine rings is 1. The highest BCUT2D eigenvalue weighted by Crippen LogP contribution is 2.18. The van der Waals surface area contributed by atoms with Gasteiger partial charge in [0.2, 0.25) is 0 Å². The summed E-state index contributed by atoms with van der Waals surface area (Å²) < 4.78 is 5.71. The standard InChI is InChI=1S/C20H22ClN3O3/c1-14(27-18-4-2-16(21)3-5-18)20(26)24-12-8-17(9-13-24)23-19(25)15-6-10-22-11-7-15/h2-7,10-11,14,17H,8-9,12-13H2,1H3,(H,23,25). The summed E-state index contributed by atoms with van der Waals surface area (Å²) in [4.78, 5) is 30.5. The molecule has 3 rings (SSSR count). The van der Waals surface area contributed by atoms with Crippen molar-refractivity contribution in [2.24, 2.45) is 0 Å². The topological polar surface area (TPSA) is 71.5 Å². The molecule has 142 valence electrons. The Labute approximate surface area is 163 Å². The SMILES string of the molecule is CC(Oc1ccc(Cl)cc1)C(=O)N1CCC(NC(=O)c2ccncc2)CC1. The number of nitrogens with one attached hydrogen (secondary N) is 1. The van der Waals surface area contributed by atoms with Crippen LogP contribution in [0.15, 0.2) is 48.8 Å². The number of hydrogen-bond donors (Lipinski definition) is 1. The Morgan fingerprint density at radius 2 is 1.78 bits per heavy atom. The van der Waals surface area contributed by atoms with Gasteiger partial charge in [-0.3, -0.25) is 14.6 Å². The maximum atomic E-state index is 12.6. The average Bonchev–Trinajstić information content (AvgIpc) is 2.70. The number of benzene rings is 1. The molecule has 1 aromatic carbocycles. The lowest BCUT2D eigenvalue weighted by molar-refractivity contribution is -0.139. The summed E-state index contributed by atoms with van der Waals surface area (Å²) in [5.74, 6) is 0.449. The van der Waals surface area contributed by atoms with E-state index >= 15 is 0 Å². The summed E-state index contributed by atoms with van der Waals surface area (Å²) in [5.41, 5.74) is 0.591. The Bertz CT molecular complexity index is 775. The summed E-state index contributed by atoms with van der Waals surface area (Å²) in [7, 11) is 0. The molecule has 0 radical (unpaired) electrons. The Hall–Kier alpha value is -2.60. The number of halogens is 1. The minimum Gasteiger partial charge on any atom is -0.481 e. The van der Waals surface area contributed by atoms with Gasteiger partial charge in [0.05, 0.1) is 0 Å². The molecule has 1 atom stereocenters. The number of likely N-dealkylation sites (tertiary alicyclic amines) is 1. The number of ether oxygens (including phenoxy) is 1. The highest BCUT2D eigenvalue weighted by atomic mass is 35.5. The molecule has 1 N–H and O–H groups in total. The van der Waals surface area contributed by atoms with Gasteiger partial charge in [0, 0.05) is 42.1 Å². The van der Waals surface area contributed by atoms with Gasteiger partial charge < -0.3 is 15.0 Å². The number of carbonyl (C=O) groups is 2. The van der Waals surface area contributed by atoms with E-state index < -0.39 is 6.10 Å². The number of amides is 2. The molecule has 1 unspecified atom stereocenters. The predicted molar refractivity (Wildman–Crippen MR) is 103 cm³/mol. The van der Waals surface area contributed by atoms with Gasteiger partial charge >= 0.3 is 0 Å². The third-order valence-electron chi connectivity index (χ3n) is 4.56. The molecule has 1 aliphatic rings. The van der Waals surface area contributed by atoms with Crippen LogP contribution in [-0.4, -0.2) is 46.9 Å². The maximum Gasteiger partial charge on any atom is 0.263 e. The number of rotatable bonds is 5. The Kier molecular flexibility index (Phi) is 6.29. The van der Waals surface area contributed by atoms with Crippen molar-refractivity contribution in [3.63, 3.8) is 0 Å². The molecule has 7 heteroatoms. The van der Waals surface area contributed by atoms with Crippen molar-refractivity contribution in [2.45, 2.75) is 31.9 Å². The van der Waals surface area contributed by atoms with Crippen molar-refractivity contribution < 1.29 is 14.3 Å². The average molecular weight is 388 g/mol. The zero-order chi connectivity index (χ0) is 19.2. The zero-order valence-corrected chi connectivity index (χ0v) is 15.9. The Morgan fingerprint density at radius 3 is 2.41 bits per heavy atom. The van der Waals surface area contributed by atoms with Gasteiger partial charge in [-0.1, -0.05) is 11.6 Å². The predicted octanol–water partition coefficient (Wildman–Crippen LogP) is 2.92. The van der Waals surface area contributed by atoms with Gasteiger partial charge in [-0.15, -0.1) is 0 Å². The summed E-state index contributed by atoms with van der Waals surface area (Å²) in [6.07, 6.45) is 4.05. The summed E-state index contributed by atoms with van der Waals surface area (Å²) in [6.45, 7) is 2.93. The first-order valence-electron chi connectivity index (χ1n) is 8.95. The van der Waals surface area contributed by atoms with Crippen LogP contribution in [0.2, 0.25) is 5.02 Å². The van der Waals surface area contributed by atoms with E-state index in [0.29, 0.717) is 29.4 Å². The summed E-state index contributed by atoms with van der Waals surface area (Å²) in [5, 5.41) is 3.64. The van der Waals surface area contributed by atoms with Crippen LogP contribution in [0, 0.1) is 0 Å². The number of aromatic nitrogens is 1. The molecule has 2 heterocycles. The molecule has 6 nitrogen and oxygen atoms in total. The fraction of sp³-hybridized carbons (Fsp3) is 0.350. The lowest BCUT2D eigenvalue weighted by Crippen LogP contribution is -2.49. The van der Waals surface area contributed by atoms with Crippen LogP contribution in [0.5, 0.6) is 5.75 Å². The van der Waals surface area contributed by atoms with Gasteiger partial charge in [0.1, 0.15) is 5.75 Å². The van der Waals surface area contributed by atoms with Gasteiger partial charge in [0.15, 0.2) is 6.10 Å². The number of carbonyl (C=O) groups excluding carboxylic acids is 2. The zero-order valence-electron chi connectivity index (χ0n) is 15.1. The van der Waals surface area contributed by atoms with Crippen LogP contribution in [0.25, 0.3) is 0 Å². The normalized spacial score (nSPS) is 15.9. The van der Waals surface area contributed by atoms with E-state index in [1.54, 1.807) is 60.6 Å². The van der Waals surface area contributed by atoms with E-state index in [0.717, 1.165) is 12.8 Å². The molecule has 1 aliphatic heterocycles. The smallest absolute Gasteiger partial charge is 0.263 e. The number of hydrogen-bond acceptors (Lipinski definition) is 4. The van der Waals surface area contributed by atoms with Crippen LogP contribution in [-0.2, 0) is 4.79 Å². The first-order chi connectivity index (χ1) is 13.0. The van der Waals surface area contributed by atoms with Crippen LogP contribution in [0.3, 0.4) is 0 Å². The molecule has 0 aliphatic carbocycles. The Morgan fingerprint density at radius 1 is 1.15 bits per heavy atom. The second kappa shape index (κ2) is 8.86. The van der Waals surface area contributed by atoms with Crippen LogP contribution >= 0.6 is 11.6 Å². The van der Waals surface area contributed by atoms with Crippen LogP contribution < -0.4 is 10.1 Å². The Balaban J connectivity index is 1.47. The molecule has 1 aromatic heterocycles. The summed E-state index contributed by atoms with van der Waals surface area (Å²) in [6, 6.07) is 10.4. The fourth-order valence-corrected chi connectivity index (χ4v) is 3.17. The van der Waals surface area contributed by atoms with E-state index in [1.807, 2.05) is 0 Å². The van der Waals surface area contributed by atoms with E-state index in [2.05, 4.69) is 10.3 Å². The number of pyridine rings is 1. The molecule has 0 spiro atoms. The molecular weight excluding hydrogens is 366 g/mol. The quantitative estimate of drug-likeness (QED) is 0.856. The van der Waals surface area contributed by atoms with Gasteiger partial charge in [-0.25, -0.2) is 0 Å². The van der Waals surface area contributed by atoms with Crippen molar-refractivity contribution in [1.82, 2.24) is 15.2 Å². The minimum atomic E-state index is -0.575. The van der Waals surface area contributed by atoms with E-state index in [-0.39, 0.29) is 17.9 Å². The van der Waals surface area contributed by atoms with E-state index in [9.17, 15) is 9.59 Å². The fourth-order valence-electron chi connectivity index (χ4n) is 3.04. The van der Waals surface area contributed by atoms with E-state index in [1.165, 1.54) is 0 Å². The van der Waals surface area contributed by atoms with Crippen molar-refractivity contribution in [3.8, 4) is 5.75 Å². The molecule has 0 saturated carbocycles. The third kappa shape index (κ3) is 5.20. The molecule has 1 fully saturated rings. The number of nitrogens with zero attached hydrogens (tertiary/aromatic N) is 2. The first kappa shape index (κ1) is 19.2. The van der Waals surface area contributed by atoms with Crippen molar-refractivity contribution in [2.75, 3.05) is 13.1 Å². The molecule has 2 amide bonds. The van der Waals surface area contributed by atoms with Gasteiger partial charge in [-0.2, -0.15) is 0 Å². The first-order valence-corrected chi connectivity index (χ1v) is 9.32. The van der Waals surface area contributed by atoms with Crippen LogP contribution in [0.1, 0.15) is 30.1 Å². The molecular formula is C20H22ClN3O3. The molecule has 27 heavy (non-hydrogen) atoms. The summed E-state index contributed by atoms with van der Waals surface area (Å²) >= 11 is 5.86. The maximum absolute atomic E-state index is 12.6. The lowest BCUT2D eigenvalue weighted by Gasteiger charge is -2.33. The van der Waals surface area contributed by atoms with E-state index in [4.69, 9.17) is 16.3 Å². The second-order valence-corrected chi connectivity index (χ2v) is 6.96. The third-order valence-corrected chi connectivity index (χ3v) is 4.81. The van der Waals surface area contributed by atoms with Crippen molar-refractivity contribution >= 4 is 23.4 Å². The highest BCUT2D eigenvalue weighted by Gasteiger charge is 2.27. The van der Waals surface area contributed by atoms with Gasteiger partial charge in [0.25, 0.3) is 11.8 Å².